The van der Waals surface area contributed by atoms with Crippen LogP contribution in [0.1, 0.15) is 19.3 Å². The molecule has 1 fully saturated rings. The van der Waals surface area contributed by atoms with Crippen LogP contribution in [0.3, 0.4) is 0 Å². The summed E-state index contributed by atoms with van der Waals surface area (Å²) < 4.78 is 1.98. The number of hydrogen-bond acceptors (Lipinski definition) is 2. The van der Waals surface area contributed by atoms with E-state index in [1.54, 1.807) is 0 Å². The molecule has 1 aromatic rings. The highest BCUT2D eigenvalue weighted by Gasteiger charge is 2.19. The predicted molar refractivity (Wildman–Crippen MR) is 52.4 cm³/mol. The van der Waals surface area contributed by atoms with Crippen molar-refractivity contribution in [2.24, 2.45) is 5.92 Å². The molecule has 1 aromatic heterocycles. The Bertz CT molecular complexity index is 226. The van der Waals surface area contributed by atoms with Crippen LogP contribution >= 0.6 is 0 Å². The van der Waals surface area contributed by atoms with Gasteiger partial charge in [-0.05, 0) is 44.3 Å². The third kappa shape index (κ3) is 3.19. The Hall–Kier alpha value is -0.830. The Morgan fingerprint density at radius 2 is 2.38 bits per heavy atom. The first kappa shape index (κ1) is 8.75. The van der Waals surface area contributed by atoms with Crippen LogP contribution in [0.5, 0.6) is 0 Å². The fraction of sp³-hybridized carbons (Fsp3) is 0.700. The molecule has 1 saturated carbocycles. The van der Waals surface area contributed by atoms with Gasteiger partial charge in [-0.2, -0.15) is 5.10 Å². The van der Waals surface area contributed by atoms with Crippen molar-refractivity contribution in [3.8, 4) is 0 Å². The van der Waals surface area contributed by atoms with Crippen molar-refractivity contribution in [3.05, 3.63) is 18.5 Å². The molecule has 0 spiro atoms. The SMILES string of the molecule is c1cnn(CCCNCC2CC2)c1. The topological polar surface area (TPSA) is 29.9 Å². The number of nitrogens with one attached hydrogen (secondary N) is 1. The average molecular weight is 179 g/mol. The largest absolute Gasteiger partial charge is 0.316 e. The fourth-order valence-corrected chi connectivity index (χ4v) is 1.43. The van der Waals surface area contributed by atoms with Crippen LogP contribution in [0.15, 0.2) is 18.5 Å². The van der Waals surface area contributed by atoms with Crippen molar-refractivity contribution in [1.82, 2.24) is 15.1 Å². The zero-order valence-electron chi connectivity index (χ0n) is 7.95. The molecule has 72 valence electrons. The minimum Gasteiger partial charge on any atom is -0.316 e. The molecule has 2 rings (SSSR count). The highest BCUT2D eigenvalue weighted by atomic mass is 15.3. The Morgan fingerprint density at radius 3 is 3.08 bits per heavy atom. The van der Waals surface area contributed by atoms with Gasteiger partial charge in [-0.15, -0.1) is 0 Å². The predicted octanol–water partition coefficient (Wildman–Crippen LogP) is 1.27. The van der Waals surface area contributed by atoms with E-state index in [9.17, 15) is 0 Å². The summed E-state index contributed by atoms with van der Waals surface area (Å²) in [7, 11) is 0. The van der Waals surface area contributed by atoms with Crippen LogP contribution < -0.4 is 5.32 Å². The molecule has 1 heterocycles. The van der Waals surface area contributed by atoms with E-state index in [0.717, 1.165) is 19.0 Å². The van der Waals surface area contributed by atoms with Gasteiger partial charge in [0.1, 0.15) is 0 Å². The number of rotatable bonds is 6. The molecule has 0 saturated heterocycles. The van der Waals surface area contributed by atoms with Crippen molar-refractivity contribution in [2.45, 2.75) is 25.8 Å². The normalized spacial score (nSPS) is 16.3. The van der Waals surface area contributed by atoms with Gasteiger partial charge >= 0.3 is 0 Å². The summed E-state index contributed by atoms with van der Waals surface area (Å²) in [4.78, 5) is 0. The second-order valence-corrected chi connectivity index (χ2v) is 3.77. The standard InChI is InChI=1S/C10H17N3/c1(5-11-9-10-3-4-10)7-13-8-2-6-12-13/h2,6,8,10-11H,1,3-5,7,9H2. The molecule has 3 heteroatoms. The van der Waals surface area contributed by atoms with E-state index >= 15 is 0 Å². The highest BCUT2D eigenvalue weighted by molar-refractivity contribution is 4.78. The smallest absolute Gasteiger partial charge is 0.0489 e. The Morgan fingerprint density at radius 1 is 1.46 bits per heavy atom. The Labute approximate surface area is 79.1 Å². The lowest BCUT2D eigenvalue weighted by molar-refractivity contribution is 0.534. The lowest BCUT2D eigenvalue weighted by atomic mass is 10.4. The van der Waals surface area contributed by atoms with Gasteiger partial charge in [-0.25, -0.2) is 0 Å². The zero-order valence-corrected chi connectivity index (χ0v) is 7.95. The molecule has 0 aromatic carbocycles. The lowest BCUT2D eigenvalue weighted by Gasteiger charge is -2.03. The number of aryl methyl sites for hydroxylation is 1. The Kier molecular flexibility index (Phi) is 2.98. The first-order chi connectivity index (χ1) is 6.45. The summed E-state index contributed by atoms with van der Waals surface area (Å²) in [5.74, 6) is 0.990. The number of nitrogens with zero attached hydrogens (tertiary/aromatic N) is 2. The monoisotopic (exact) mass is 179 g/mol. The zero-order chi connectivity index (χ0) is 8.93. The molecule has 3 nitrogen and oxygen atoms in total. The third-order valence-electron chi connectivity index (χ3n) is 2.43. The summed E-state index contributed by atoms with van der Waals surface area (Å²) in [5, 5.41) is 7.62. The van der Waals surface area contributed by atoms with Gasteiger partial charge in [0.25, 0.3) is 0 Å². The van der Waals surface area contributed by atoms with E-state index in [1.807, 2.05) is 23.1 Å². The Balaban J connectivity index is 1.48. The number of aromatic nitrogens is 2. The van der Waals surface area contributed by atoms with Crippen molar-refractivity contribution in [3.63, 3.8) is 0 Å². The molecule has 0 radical (unpaired) electrons. The summed E-state index contributed by atoms with van der Waals surface area (Å²) in [6.45, 7) is 3.38. The summed E-state index contributed by atoms with van der Waals surface area (Å²) >= 11 is 0. The van der Waals surface area contributed by atoms with Gasteiger partial charge in [0.15, 0.2) is 0 Å². The molecule has 0 amide bonds. The van der Waals surface area contributed by atoms with Gasteiger partial charge in [-0.3, -0.25) is 4.68 Å². The van der Waals surface area contributed by atoms with Gasteiger partial charge in [0.2, 0.25) is 0 Å². The summed E-state index contributed by atoms with van der Waals surface area (Å²) in [6, 6.07) is 1.97. The van der Waals surface area contributed by atoms with E-state index in [-0.39, 0.29) is 0 Å². The van der Waals surface area contributed by atoms with Crippen molar-refractivity contribution < 1.29 is 0 Å². The first-order valence-electron chi connectivity index (χ1n) is 5.13. The molecule has 0 unspecified atom stereocenters. The minimum absolute atomic E-state index is 0.990. The molecular weight excluding hydrogens is 162 g/mol. The minimum atomic E-state index is 0.990. The molecule has 0 atom stereocenters. The molecular formula is C10H17N3. The fourth-order valence-electron chi connectivity index (χ4n) is 1.43. The van der Waals surface area contributed by atoms with Crippen molar-refractivity contribution in [1.29, 1.82) is 0 Å². The van der Waals surface area contributed by atoms with Gasteiger partial charge < -0.3 is 5.32 Å². The lowest BCUT2D eigenvalue weighted by Crippen LogP contribution is -2.19. The van der Waals surface area contributed by atoms with Crippen LogP contribution in [-0.4, -0.2) is 22.9 Å². The van der Waals surface area contributed by atoms with E-state index < -0.39 is 0 Å². The van der Waals surface area contributed by atoms with Crippen LogP contribution in [0, 0.1) is 5.92 Å². The van der Waals surface area contributed by atoms with Crippen LogP contribution in [-0.2, 0) is 6.54 Å². The van der Waals surface area contributed by atoms with Crippen molar-refractivity contribution >= 4 is 0 Å². The van der Waals surface area contributed by atoms with E-state index in [1.165, 1.54) is 25.8 Å². The molecule has 0 bridgehead atoms. The second-order valence-electron chi connectivity index (χ2n) is 3.77. The first-order valence-corrected chi connectivity index (χ1v) is 5.13. The quantitative estimate of drug-likeness (QED) is 0.666. The molecule has 1 aliphatic rings. The molecule has 1 aliphatic carbocycles. The van der Waals surface area contributed by atoms with Crippen LogP contribution in [0.4, 0.5) is 0 Å². The van der Waals surface area contributed by atoms with E-state index in [0.29, 0.717) is 0 Å². The maximum atomic E-state index is 4.15. The van der Waals surface area contributed by atoms with Gasteiger partial charge in [0, 0.05) is 18.9 Å². The van der Waals surface area contributed by atoms with E-state index in [4.69, 9.17) is 0 Å². The highest BCUT2D eigenvalue weighted by Crippen LogP contribution is 2.27. The maximum absolute atomic E-state index is 4.15. The van der Waals surface area contributed by atoms with Gasteiger partial charge in [-0.1, -0.05) is 0 Å². The second kappa shape index (κ2) is 4.42. The van der Waals surface area contributed by atoms with E-state index in [2.05, 4.69) is 10.4 Å². The molecule has 13 heavy (non-hydrogen) atoms. The van der Waals surface area contributed by atoms with Gasteiger partial charge in [0.05, 0.1) is 0 Å². The average Bonchev–Trinajstić information content (AvgIpc) is 2.81. The summed E-state index contributed by atoms with van der Waals surface area (Å²) in [5.41, 5.74) is 0. The molecule has 1 N–H and O–H groups in total. The summed E-state index contributed by atoms with van der Waals surface area (Å²) in [6.07, 6.45) is 7.89. The third-order valence-corrected chi connectivity index (χ3v) is 2.43. The molecule has 0 aliphatic heterocycles. The maximum Gasteiger partial charge on any atom is 0.0489 e. The van der Waals surface area contributed by atoms with Crippen LogP contribution in [0.25, 0.3) is 0 Å². The van der Waals surface area contributed by atoms with Crippen LogP contribution in [0.2, 0.25) is 0 Å². The van der Waals surface area contributed by atoms with Crippen molar-refractivity contribution in [2.75, 3.05) is 13.1 Å². The number of hydrogen-bond donors (Lipinski definition) is 1.